The first-order valence-corrected chi connectivity index (χ1v) is 8.96. The zero-order valence-electron chi connectivity index (χ0n) is 13.8. The van der Waals surface area contributed by atoms with E-state index in [-0.39, 0.29) is 5.91 Å². The maximum atomic E-state index is 12.0. The van der Waals surface area contributed by atoms with E-state index < -0.39 is 0 Å². The van der Waals surface area contributed by atoms with Crippen molar-refractivity contribution in [1.82, 2.24) is 15.2 Å². The van der Waals surface area contributed by atoms with E-state index in [2.05, 4.69) is 20.5 Å². The van der Waals surface area contributed by atoms with Gasteiger partial charge >= 0.3 is 0 Å². The van der Waals surface area contributed by atoms with Crippen molar-refractivity contribution < 1.29 is 4.79 Å². The summed E-state index contributed by atoms with van der Waals surface area (Å²) in [5.74, 6) is 1.82. The number of amides is 1. The molecule has 2 fully saturated rings. The molecule has 1 saturated carbocycles. The summed E-state index contributed by atoms with van der Waals surface area (Å²) < 4.78 is 0. The number of pyridine rings is 1. The van der Waals surface area contributed by atoms with Crippen molar-refractivity contribution in [3.63, 3.8) is 0 Å². The molecule has 5 heteroatoms. The first-order valence-electron chi connectivity index (χ1n) is 8.96. The summed E-state index contributed by atoms with van der Waals surface area (Å²) >= 11 is 0. The Labute approximate surface area is 138 Å². The summed E-state index contributed by atoms with van der Waals surface area (Å²) in [6, 6.07) is 6.37. The maximum Gasteiger partial charge on any atom is 0.221 e. The largest absolute Gasteiger partial charge is 0.370 e. The average Bonchev–Trinajstić information content (AvgIpc) is 3.24. The minimum absolute atomic E-state index is 0.229. The van der Waals surface area contributed by atoms with Crippen LogP contribution in [-0.4, -0.2) is 48.0 Å². The standard InChI is InChI=1S/C18H28N4O/c23-18(21-16-5-1-2-6-16)9-12-22-11-8-15(14-22)13-20-17-7-3-4-10-19-17/h3-4,7,10,15-16H,1-2,5-6,8-9,11-14H2,(H,19,20)(H,21,23)/t15-/m1/s1. The zero-order chi connectivity index (χ0) is 15.9. The number of hydrogen-bond donors (Lipinski definition) is 2. The fourth-order valence-corrected chi connectivity index (χ4v) is 3.63. The van der Waals surface area contributed by atoms with Crippen LogP contribution in [0.2, 0.25) is 0 Å². The smallest absolute Gasteiger partial charge is 0.221 e. The molecule has 5 nitrogen and oxygen atoms in total. The van der Waals surface area contributed by atoms with E-state index in [0.717, 1.165) is 44.8 Å². The second-order valence-corrected chi connectivity index (χ2v) is 6.85. The lowest BCUT2D eigenvalue weighted by Crippen LogP contribution is -2.35. The quantitative estimate of drug-likeness (QED) is 0.810. The van der Waals surface area contributed by atoms with Crippen LogP contribution < -0.4 is 10.6 Å². The molecule has 0 spiro atoms. The van der Waals surface area contributed by atoms with Crippen molar-refractivity contribution in [3.05, 3.63) is 24.4 Å². The Morgan fingerprint density at radius 2 is 2.13 bits per heavy atom. The predicted molar refractivity (Wildman–Crippen MR) is 92.3 cm³/mol. The first-order chi connectivity index (χ1) is 11.3. The van der Waals surface area contributed by atoms with Gasteiger partial charge in [0.05, 0.1) is 0 Å². The number of nitrogens with one attached hydrogen (secondary N) is 2. The number of hydrogen-bond acceptors (Lipinski definition) is 4. The lowest BCUT2D eigenvalue weighted by molar-refractivity contribution is -0.122. The third-order valence-corrected chi connectivity index (χ3v) is 4.98. The highest BCUT2D eigenvalue weighted by atomic mass is 16.1. The highest BCUT2D eigenvalue weighted by Gasteiger charge is 2.23. The Morgan fingerprint density at radius 1 is 1.26 bits per heavy atom. The molecule has 2 N–H and O–H groups in total. The molecule has 1 saturated heterocycles. The fourth-order valence-electron chi connectivity index (χ4n) is 3.63. The van der Waals surface area contributed by atoms with Gasteiger partial charge in [-0.15, -0.1) is 0 Å². The molecule has 0 radical (unpaired) electrons. The highest BCUT2D eigenvalue weighted by Crippen LogP contribution is 2.19. The third kappa shape index (κ3) is 5.20. The molecule has 1 amide bonds. The first kappa shape index (κ1) is 16.2. The van der Waals surface area contributed by atoms with Crippen LogP contribution in [0.3, 0.4) is 0 Å². The molecule has 2 aliphatic rings. The molecule has 23 heavy (non-hydrogen) atoms. The molecule has 0 unspecified atom stereocenters. The molecule has 1 aromatic rings. The number of aromatic nitrogens is 1. The number of rotatable bonds is 7. The highest BCUT2D eigenvalue weighted by molar-refractivity contribution is 5.76. The molecule has 1 aromatic heterocycles. The minimum Gasteiger partial charge on any atom is -0.370 e. The summed E-state index contributed by atoms with van der Waals surface area (Å²) in [6.45, 7) is 4.03. The van der Waals surface area contributed by atoms with Crippen molar-refractivity contribution in [2.45, 2.75) is 44.6 Å². The SMILES string of the molecule is O=C(CCN1CC[C@H](CNc2ccccn2)C1)NC1CCCC1. The summed E-state index contributed by atoms with van der Waals surface area (Å²) in [7, 11) is 0. The van der Waals surface area contributed by atoms with E-state index in [0.29, 0.717) is 18.4 Å². The van der Waals surface area contributed by atoms with E-state index in [4.69, 9.17) is 0 Å². The Morgan fingerprint density at radius 3 is 2.91 bits per heavy atom. The monoisotopic (exact) mass is 316 g/mol. The number of nitrogens with zero attached hydrogens (tertiary/aromatic N) is 2. The van der Waals surface area contributed by atoms with E-state index in [1.165, 1.54) is 19.3 Å². The number of anilines is 1. The van der Waals surface area contributed by atoms with Crippen molar-refractivity contribution in [1.29, 1.82) is 0 Å². The van der Waals surface area contributed by atoms with Gasteiger partial charge in [-0.1, -0.05) is 18.9 Å². The van der Waals surface area contributed by atoms with Gasteiger partial charge in [0.2, 0.25) is 5.91 Å². The third-order valence-electron chi connectivity index (χ3n) is 4.98. The molecular formula is C18H28N4O. The lowest BCUT2D eigenvalue weighted by atomic mass is 10.1. The summed E-state index contributed by atoms with van der Waals surface area (Å²) in [6.07, 6.45) is 8.50. The predicted octanol–water partition coefficient (Wildman–Crippen LogP) is 2.26. The van der Waals surface area contributed by atoms with Crippen LogP contribution in [0.25, 0.3) is 0 Å². The number of carbonyl (C=O) groups is 1. The van der Waals surface area contributed by atoms with Gasteiger partial charge in [0.15, 0.2) is 0 Å². The van der Waals surface area contributed by atoms with Crippen LogP contribution >= 0.6 is 0 Å². The Hall–Kier alpha value is -1.62. The normalized spacial score (nSPS) is 22.3. The molecule has 3 rings (SSSR count). The van der Waals surface area contributed by atoms with Gasteiger partial charge < -0.3 is 15.5 Å². The second-order valence-electron chi connectivity index (χ2n) is 6.85. The summed E-state index contributed by atoms with van der Waals surface area (Å²) in [5.41, 5.74) is 0. The molecule has 0 bridgehead atoms. The van der Waals surface area contributed by atoms with E-state index >= 15 is 0 Å². The van der Waals surface area contributed by atoms with Gasteiger partial charge in [0.1, 0.15) is 5.82 Å². The van der Waals surface area contributed by atoms with E-state index in [1.807, 2.05) is 24.4 Å². The molecule has 0 aromatic carbocycles. The summed E-state index contributed by atoms with van der Waals surface area (Å²) in [5, 5.41) is 6.58. The Bertz CT molecular complexity index is 487. The minimum atomic E-state index is 0.229. The van der Waals surface area contributed by atoms with Crippen molar-refractivity contribution in [2.24, 2.45) is 5.92 Å². The maximum absolute atomic E-state index is 12.0. The molecular weight excluding hydrogens is 288 g/mol. The molecule has 126 valence electrons. The topological polar surface area (TPSA) is 57.3 Å². The molecule has 1 atom stereocenters. The number of carbonyl (C=O) groups excluding carboxylic acids is 1. The van der Waals surface area contributed by atoms with Crippen molar-refractivity contribution in [2.75, 3.05) is 31.5 Å². The molecule has 2 heterocycles. The van der Waals surface area contributed by atoms with Gasteiger partial charge in [-0.05, 0) is 43.9 Å². The van der Waals surface area contributed by atoms with Gasteiger partial charge in [0, 0.05) is 38.3 Å². The van der Waals surface area contributed by atoms with Gasteiger partial charge in [-0.3, -0.25) is 4.79 Å². The Balaban J connectivity index is 1.31. The van der Waals surface area contributed by atoms with Crippen LogP contribution in [-0.2, 0) is 4.79 Å². The van der Waals surface area contributed by atoms with Crippen molar-refractivity contribution in [3.8, 4) is 0 Å². The fraction of sp³-hybridized carbons (Fsp3) is 0.667. The van der Waals surface area contributed by atoms with Gasteiger partial charge in [-0.2, -0.15) is 0 Å². The van der Waals surface area contributed by atoms with E-state index in [9.17, 15) is 4.79 Å². The second kappa shape index (κ2) is 8.29. The van der Waals surface area contributed by atoms with E-state index in [1.54, 1.807) is 0 Å². The van der Waals surface area contributed by atoms with Crippen LogP contribution in [0.1, 0.15) is 38.5 Å². The van der Waals surface area contributed by atoms with Crippen LogP contribution in [0.5, 0.6) is 0 Å². The lowest BCUT2D eigenvalue weighted by Gasteiger charge is -2.17. The van der Waals surface area contributed by atoms with Gasteiger partial charge in [-0.25, -0.2) is 4.98 Å². The molecule has 1 aliphatic heterocycles. The zero-order valence-corrected chi connectivity index (χ0v) is 13.8. The summed E-state index contributed by atoms with van der Waals surface area (Å²) in [4.78, 5) is 18.7. The van der Waals surface area contributed by atoms with Gasteiger partial charge in [0.25, 0.3) is 0 Å². The molecule has 1 aliphatic carbocycles. The van der Waals surface area contributed by atoms with Crippen LogP contribution in [0.4, 0.5) is 5.82 Å². The average molecular weight is 316 g/mol. The van der Waals surface area contributed by atoms with Crippen LogP contribution in [0, 0.1) is 5.92 Å². The Kier molecular flexibility index (Phi) is 5.86. The van der Waals surface area contributed by atoms with Crippen molar-refractivity contribution >= 4 is 11.7 Å². The number of likely N-dealkylation sites (tertiary alicyclic amines) is 1. The van der Waals surface area contributed by atoms with Crippen LogP contribution in [0.15, 0.2) is 24.4 Å².